The van der Waals surface area contributed by atoms with Gasteiger partial charge in [0, 0.05) is 28.2 Å². The summed E-state index contributed by atoms with van der Waals surface area (Å²) in [5.41, 5.74) is 0.930. The van der Waals surface area contributed by atoms with E-state index in [9.17, 15) is 9.59 Å². The largest absolute Gasteiger partial charge is 0.347 e. The SMILES string of the molecule is CC(C)(C)NC(=O)c1ccc(NC(=O)NCCCSc2ccccc2)cc1. The van der Waals surface area contributed by atoms with E-state index in [1.807, 2.05) is 39.0 Å². The number of carbonyl (C=O) groups is 2. The third kappa shape index (κ3) is 8.17. The Morgan fingerprint density at radius 2 is 1.63 bits per heavy atom. The molecule has 0 heterocycles. The minimum absolute atomic E-state index is 0.130. The highest BCUT2D eigenvalue weighted by molar-refractivity contribution is 7.99. The predicted molar refractivity (Wildman–Crippen MR) is 112 cm³/mol. The number of rotatable bonds is 7. The average molecular weight is 386 g/mol. The highest BCUT2D eigenvalue weighted by atomic mass is 32.2. The number of thioether (sulfide) groups is 1. The van der Waals surface area contributed by atoms with Crippen LogP contribution < -0.4 is 16.0 Å². The summed E-state index contributed by atoms with van der Waals surface area (Å²) < 4.78 is 0. The number of urea groups is 1. The van der Waals surface area contributed by atoms with Crippen LogP contribution in [0.4, 0.5) is 10.5 Å². The zero-order chi connectivity index (χ0) is 19.7. The van der Waals surface area contributed by atoms with Gasteiger partial charge in [-0.05, 0) is 69.3 Å². The zero-order valence-electron chi connectivity index (χ0n) is 16.0. The summed E-state index contributed by atoms with van der Waals surface area (Å²) >= 11 is 1.77. The van der Waals surface area contributed by atoms with Crippen molar-refractivity contribution in [2.75, 3.05) is 17.6 Å². The number of hydrogen-bond acceptors (Lipinski definition) is 3. The van der Waals surface area contributed by atoms with Gasteiger partial charge < -0.3 is 16.0 Å². The fourth-order valence-corrected chi connectivity index (χ4v) is 3.15. The second kappa shape index (κ2) is 10.0. The first-order valence-corrected chi connectivity index (χ1v) is 9.97. The number of benzene rings is 2. The van der Waals surface area contributed by atoms with E-state index >= 15 is 0 Å². The maximum absolute atomic E-state index is 12.1. The molecule has 144 valence electrons. The summed E-state index contributed by atoms with van der Waals surface area (Å²) in [7, 11) is 0. The van der Waals surface area contributed by atoms with E-state index in [1.54, 1.807) is 36.0 Å². The van der Waals surface area contributed by atoms with Gasteiger partial charge >= 0.3 is 6.03 Å². The second-order valence-electron chi connectivity index (χ2n) is 7.18. The molecule has 0 unspecified atom stereocenters. The van der Waals surface area contributed by atoms with Gasteiger partial charge in [-0.15, -0.1) is 11.8 Å². The van der Waals surface area contributed by atoms with Crippen molar-refractivity contribution in [3.63, 3.8) is 0 Å². The summed E-state index contributed by atoms with van der Waals surface area (Å²) in [6.07, 6.45) is 0.888. The lowest BCUT2D eigenvalue weighted by Gasteiger charge is -2.20. The molecule has 2 rings (SSSR count). The van der Waals surface area contributed by atoms with E-state index in [0.29, 0.717) is 17.8 Å². The zero-order valence-corrected chi connectivity index (χ0v) is 16.9. The number of hydrogen-bond donors (Lipinski definition) is 3. The molecule has 2 aromatic carbocycles. The van der Waals surface area contributed by atoms with Crippen molar-refractivity contribution in [1.29, 1.82) is 0 Å². The van der Waals surface area contributed by atoms with Gasteiger partial charge in [-0.25, -0.2) is 4.79 Å². The fraction of sp³-hybridized carbons (Fsp3) is 0.333. The maximum Gasteiger partial charge on any atom is 0.319 e. The molecular formula is C21H27N3O2S. The number of amides is 3. The van der Waals surface area contributed by atoms with Crippen molar-refractivity contribution in [2.24, 2.45) is 0 Å². The highest BCUT2D eigenvalue weighted by Gasteiger charge is 2.15. The van der Waals surface area contributed by atoms with E-state index in [0.717, 1.165) is 12.2 Å². The van der Waals surface area contributed by atoms with Gasteiger partial charge in [-0.2, -0.15) is 0 Å². The Kier molecular flexibility index (Phi) is 7.73. The molecule has 0 aliphatic carbocycles. The molecule has 0 aliphatic rings. The van der Waals surface area contributed by atoms with Crippen LogP contribution in [0, 0.1) is 0 Å². The van der Waals surface area contributed by atoms with Crippen LogP contribution in [0.15, 0.2) is 59.5 Å². The molecule has 6 heteroatoms. The first-order valence-electron chi connectivity index (χ1n) is 8.99. The summed E-state index contributed by atoms with van der Waals surface area (Å²) in [5, 5.41) is 8.53. The van der Waals surface area contributed by atoms with Gasteiger partial charge in [0.25, 0.3) is 5.91 Å². The Bertz CT molecular complexity index is 740. The lowest BCUT2D eigenvalue weighted by atomic mass is 10.1. The highest BCUT2D eigenvalue weighted by Crippen LogP contribution is 2.17. The Labute approximate surface area is 165 Å². The van der Waals surface area contributed by atoms with Gasteiger partial charge in [-0.3, -0.25) is 4.79 Å². The van der Waals surface area contributed by atoms with E-state index in [1.165, 1.54) is 4.90 Å². The Balaban J connectivity index is 1.68. The van der Waals surface area contributed by atoms with Crippen LogP contribution in [0.5, 0.6) is 0 Å². The van der Waals surface area contributed by atoms with E-state index in [-0.39, 0.29) is 17.5 Å². The molecule has 3 amide bonds. The molecule has 0 fully saturated rings. The van der Waals surface area contributed by atoms with Crippen molar-refractivity contribution < 1.29 is 9.59 Å². The molecule has 0 saturated heterocycles. The van der Waals surface area contributed by atoms with Crippen molar-refractivity contribution in [1.82, 2.24) is 10.6 Å². The summed E-state index contributed by atoms with van der Waals surface area (Å²) in [5.74, 6) is 0.816. The van der Waals surface area contributed by atoms with Gasteiger partial charge in [0.2, 0.25) is 0 Å². The molecule has 0 atom stereocenters. The molecule has 5 nitrogen and oxygen atoms in total. The smallest absolute Gasteiger partial charge is 0.319 e. The minimum Gasteiger partial charge on any atom is -0.347 e. The minimum atomic E-state index is -0.285. The van der Waals surface area contributed by atoms with Crippen LogP contribution in [-0.4, -0.2) is 29.8 Å². The lowest BCUT2D eigenvalue weighted by Crippen LogP contribution is -2.40. The van der Waals surface area contributed by atoms with Crippen molar-refractivity contribution in [2.45, 2.75) is 37.6 Å². The first-order chi connectivity index (χ1) is 12.8. The number of nitrogens with one attached hydrogen (secondary N) is 3. The molecule has 0 aromatic heterocycles. The van der Waals surface area contributed by atoms with Crippen LogP contribution in [0.3, 0.4) is 0 Å². The molecule has 2 aromatic rings. The van der Waals surface area contributed by atoms with Gasteiger partial charge in [-0.1, -0.05) is 18.2 Å². The van der Waals surface area contributed by atoms with Gasteiger partial charge in [0.05, 0.1) is 0 Å². The van der Waals surface area contributed by atoms with E-state index in [2.05, 4.69) is 28.1 Å². The Morgan fingerprint density at radius 1 is 0.963 bits per heavy atom. The monoisotopic (exact) mass is 385 g/mol. The third-order valence-corrected chi connectivity index (χ3v) is 4.61. The second-order valence-corrected chi connectivity index (χ2v) is 8.35. The number of anilines is 1. The van der Waals surface area contributed by atoms with E-state index < -0.39 is 0 Å². The Morgan fingerprint density at radius 3 is 2.26 bits per heavy atom. The maximum atomic E-state index is 12.1. The topological polar surface area (TPSA) is 70.2 Å². The standard InChI is InChI=1S/C21H27N3O2S/c1-21(2,3)24-19(25)16-10-12-17(13-11-16)23-20(26)22-14-7-15-27-18-8-5-4-6-9-18/h4-6,8-13H,7,14-15H2,1-3H3,(H,24,25)(H2,22,23,26). The van der Waals surface area contributed by atoms with Crippen molar-refractivity contribution in [3.05, 3.63) is 60.2 Å². The summed E-state index contributed by atoms with van der Waals surface area (Å²) in [6.45, 7) is 6.41. The molecular weight excluding hydrogens is 358 g/mol. The quantitative estimate of drug-likeness (QED) is 0.485. The molecule has 27 heavy (non-hydrogen) atoms. The predicted octanol–water partition coefficient (Wildman–Crippen LogP) is 4.52. The average Bonchev–Trinajstić information content (AvgIpc) is 2.61. The summed E-state index contributed by atoms with van der Waals surface area (Å²) in [4.78, 5) is 25.3. The van der Waals surface area contributed by atoms with Crippen LogP contribution >= 0.6 is 11.8 Å². The van der Waals surface area contributed by atoms with Gasteiger partial charge in [0.15, 0.2) is 0 Å². The van der Waals surface area contributed by atoms with Crippen molar-refractivity contribution >= 4 is 29.4 Å². The molecule has 0 spiro atoms. The van der Waals surface area contributed by atoms with Gasteiger partial charge in [0.1, 0.15) is 0 Å². The molecule has 0 radical (unpaired) electrons. The first kappa shape index (κ1) is 20.8. The molecule has 0 saturated carbocycles. The third-order valence-electron chi connectivity index (χ3n) is 3.51. The van der Waals surface area contributed by atoms with Crippen molar-refractivity contribution in [3.8, 4) is 0 Å². The normalized spacial score (nSPS) is 10.9. The van der Waals surface area contributed by atoms with Crippen LogP contribution in [0.2, 0.25) is 0 Å². The molecule has 0 aliphatic heterocycles. The van der Waals surface area contributed by atoms with Crippen LogP contribution in [-0.2, 0) is 0 Å². The van der Waals surface area contributed by atoms with E-state index in [4.69, 9.17) is 0 Å². The summed E-state index contributed by atoms with van der Waals surface area (Å²) in [6, 6.07) is 16.8. The molecule has 0 bridgehead atoms. The number of carbonyl (C=O) groups excluding carboxylic acids is 2. The lowest BCUT2D eigenvalue weighted by molar-refractivity contribution is 0.0919. The van der Waals surface area contributed by atoms with Crippen LogP contribution in [0.1, 0.15) is 37.6 Å². The van der Waals surface area contributed by atoms with Crippen LogP contribution in [0.25, 0.3) is 0 Å². The fourth-order valence-electron chi connectivity index (χ4n) is 2.27. The molecule has 3 N–H and O–H groups in total. The Hall–Kier alpha value is -2.47.